The molecule has 1 aliphatic heterocycles. The highest BCUT2D eigenvalue weighted by atomic mass is 16.7. The van der Waals surface area contributed by atoms with Crippen molar-refractivity contribution in [3.05, 3.63) is 120 Å². The molecule has 8 heteroatoms. The molecule has 0 saturated carbocycles. The number of methoxy groups -OCH3 is 1. The normalized spacial score (nSPS) is 12.4. The zero-order chi connectivity index (χ0) is 31.0. The number of hydrogen-bond donors (Lipinski definition) is 1. The van der Waals surface area contributed by atoms with Crippen LogP contribution in [0.1, 0.15) is 41.3 Å². The Kier molecular flexibility index (Phi) is 9.01. The van der Waals surface area contributed by atoms with Crippen molar-refractivity contribution in [2.75, 3.05) is 20.5 Å². The Morgan fingerprint density at radius 3 is 2.51 bits per heavy atom. The van der Waals surface area contributed by atoms with Crippen LogP contribution < -0.4 is 24.4 Å². The largest absolute Gasteiger partial charge is 0.497 e. The van der Waals surface area contributed by atoms with Crippen molar-refractivity contribution in [3.63, 3.8) is 0 Å². The van der Waals surface area contributed by atoms with Gasteiger partial charge in [-0.2, -0.15) is 5.10 Å². The smallest absolute Gasteiger partial charge is 0.272 e. The second kappa shape index (κ2) is 13.8. The fourth-order valence-electron chi connectivity index (χ4n) is 4.89. The van der Waals surface area contributed by atoms with Crippen LogP contribution in [-0.2, 0) is 0 Å². The van der Waals surface area contributed by atoms with E-state index in [0.717, 1.165) is 46.4 Å². The van der Waals surface area contributed by atoms with Gasteiger partial charge in [-0.15, -0.1) is 0 Å². The van der Waals surface area contributed by atoms with Crippen LogP contribution >= 0.6 is 0 Å². The molecule has 8 nitrogen and oxygen atoms in total. The average Bonchev–Trinajstić information content (AvgIpc) is 3.56. The van der Waals surface area contributed by atoms with Crippen molar-refractivity contribution in [3.8, 4) is 34.3 Å². The molecule has 0 spiro atoms. The Balaban J connectivity index is 1.30. The SMILES string of the molecule is CCCCOc1ccc(-c2cc(C(=O)N/N=C(\C=C\c3ccc4c(c3)OCO4)c3ccc(OC)cc3)c3ccccc3n2)cc1. The summed E-state index contributed by atoms with van der Waals surface area (Å²) >= 11 is 0. The van der Waals surface area contributed by atoms with E-state index < -0.39 is 0 Å². The molecule has 0 atom stereocenters. The van der Waals surface area contributed by atoms with Crippen molar-refractivity contribution in [2.45, 2.75) is 19.8 Å². The van der Waals surface area contributed by atoms with Gasteiger partial charge in [0.15, 0.2) is 11.5 Å². The molecule has 1 aromatic heterocycles. The highest BCUT2D eigenvalue weighted by Gasteiger charge is 2.15. The monoisotopic (exact) mass is 599 g/mol. The molecule has 1 amide bonds. The second-order valence-electron chi connectivity index (χ2n) is 10.4. The van der Waals surface area contributed by atoms with Gasteiger partial charge in [-0.25, -0.2) is 10.4 Å². The quantitative estimate of drug-likeness (QED) is 0.0952. The topological polar surface area (TPSA) is 91.3 Å². The molecular weight excluding hydrogens is 566 g/mol. The maximum Gasteiger partial charge on any atom is 0.272 e. The lowest BCUT2D eigenvalue weighted by atomic mass is 10.0. The Bertz CT molecular complexity index is 1860. The molecule has 4 aromatic carbocycles. The minimum absolute atomic E-state index is 0.206. The number of unbranched alkanes of at least 4 members (excludes halogenated alkanes) is 1. The van der Waals surface area contributed by atoms with Crippen molar-refractivity contribution in [1.82, 2.24) is 10.4 Å². The molecule has 2 heterocycles. The number of carbonyl (C=O) groups excluding carboxylic acids is 1. The molecule has 0 aliphatic carbocycles. The Morgan fingerprint density at radius 1 is 0.933 bits per heavy atom. The summed E-state index contributed by atoms with van der Waals surface area (Å²) in [6.07, 6.45) is 5.83. The molecule has 0 bridgehead atoms. The van der Waals surface area contributed by atoms with Gasteiger partial charge in [0.25, 0.3) is 5.91 Å². The number of hydrazone groups is 1. The third-order valence-corrected chi connectivity index (χ3v) is 7.37. The zero-order valence-electron chi connectivity index (χ0n) is 25.2. The molecule has 1 N–H and O–H groups in total. The van der Waals surface area contributed by atoms with Gasteiger partial charge in [-0.3, -0.25) is 4.79 Å². The Labute approximate surface area is 261 Å². The van der Waals surface area contributed by atoms with E-state index >= 15 is 0 Å². The standard InChI is InChI=1S/C37H33N3O5/c1-3-4-21-43-29-17-13-27(14-18-29)34-23-31(30-7-5-6-8-33(30)38-34)37(41)40-39-32(26-11-15-28(42-2)16-12-26)19-9-25-10-20-35-36(22-25)45-24-44-35/h5-20,22-23H,3-4,21,24H2,1-2H3,(H,40,41)/b19-9+,39-32+. The number of nitrogens with one attached hydrogen (secondary N) is 1. The van der Waals surface area contributed by atoms with Gasteiger partial charge >= 0.3 is 0 Å². The molecule has 226 valence electrons. The first kappa shape index (κ1) is 29.4. The van der Waals surface area contributed by atoms with Gasteiger partial charge in [0.2, 0.25) is 6.79 Å². The van der Waals surface area contributed by atoms with Gasteiger partial charge in [0.1, 0.15) is 11.5 Å². The Morgan fingerprint density at radius 2 is 1.71 bits per heavy atom. The molecule has 45 heavy (non-hydrogen) atoms. The van der Waals surface area contributed by atoms with Gasteiger partial charge in [-0.05, 0) is 90.9 Å². The number of para-hydroxylation sites is 1. The predicted octanol–water partition coefficient (Wildman–Crippen LogP) is 7.67. The van der Waals surface area contributed by atoms with Gasteiger partial charge in [0.05, 0.1) is 36.2 Å². The van der Waals surface area contributed by atoms with E-state index in [1.54, 1.807) is 13.2 Å². The van der Waals surface area contributed by atoms with Crippen LogP contribution in [0.3, 0.4) is 0 Å². The van der Waals surface area contributed by atoms with Gasteiger partial charge in [0, 0.05) is 16.5 Å². The number of rotatable bonds is 11. The third kappa shape index (κ3) is 6.96. The van der Waals surface area contributed by atoms with E-state index in [2.05, 4.69) is 17.5 Å². The van der Waals surface area contributed by atoms with Crippen LogP contribution in [0.25, 0.3) is 28.2 Å². The first-order chi connectivity index (χ1) is 22.1. The van der Waals surface area contributed by atoms with Crippen LogP contribution in [0.4, 0.5) is 0 Å². The number of nitrogens with zero attached hydrogens (tertiary/aromatic N) is 2. The van der Waals surface area contributed by atoms with Crippen LogP contribution in [0.15, 0.2) is 108 Å². The first-order valence-electron chi connectivity index (χ1n) is 14.8. The van der Waals surface area contributed by atoms with Crippen molar-refractivity contribution < 1.29 is 23.7 Å². The lowest BCUT2D eigenvalue weighted by Gasteiger charge is -2.11. The number of hydrogen-bond acceptors (Lipinski definition) is 7. The molecule has 1 aliphatic rings. The number of fused-ring (bicyclic) bond motifs is 2. The number of pyridine rings is 1. The summed E-state index contributed by atoms with van der Waals surface area (Å²) in [6, 6.07) is 30.4. The number of carbonyl (C=O) groups is 1. The van der Waals surface area contributed by atoms with E-state index in [4.69, 9.17) is 23.9 Å². The molecule has 0 saturated heterocycles. The average molecular weight is 600 g/mol. The molecule has 5 aromatic rings. The van der Waals surface area contributed by atoms with E-state index in [1.165, 1.54) is 0 Å². The minimum atomic E-state index is -0.350. The van der Waals surface area contributed by atoms with E-state index in [0.29, 0.717) is 40.6 Å². The van der Waals surface area contributed by atoms with E-state index in [-0.39, 0.29) is 12.7 Å². The first-order valence-corrected chi connectivity index (χ1v) is 14.8. The van der Waals surface area contributed by atoms with Crippen LogP contribution in [0.2, 0.25) is 0 Å². The van der Waals surface area contributed by atoms with Crippen LogP contribution in [0.5, 0.6) is 23.0 Å². The summed E-state index contributed by atoms with van der Waals surface area (Å²) in [5.41, 5.74) is 7.79. The molecular formula is C37H33N3O5. The van der Waals surface area contributed by atoms with E-state index in [1.807, 2.05) is 103 Å². The summed E-state index contributed by atoms with van der Waals surface area (Å²) < 4.78 is 22.1. The Hall–Kier alpha value is -5.63. The van der Waals surface area contributed by atoms with E-state index in [9.17, 15) is 4.79 Å². The summed E-state index contributed by atoms with van der Waals surface area (Å²) in [4.78, 5) is 18.6. The summed E-state index contributed by atoms with van der Waals surface area (Å²) in [5.74, 6) is 2.58. The molecule has 6 rings (SSSR count). The second-order valence-corrected chi connectivity index (χ2v) is 10.4. The summed E-state index contributed by atoms with van der Waals surface area (Å²) in [6.45, 7) is 3.02. The molecule has 0 fully saturated rings. The predicted molar refractivity (Wildman–Crippen MR) is 176 cm³/mol. The summed E-state index contributed by atoms with van der Waals surface area (Å²) in [7, 11) is 1.62. The highest BCUT2D eigenvalue weighted by Crippen LogP contribution is 2.33. The maximum atomic E-state index is 13.7. The lowest BCUT2D eigenvalue weighted by molar-refractivity contribution is 0.0956. The van der Waals surface area contributed by atoms with Crippen LogP contribution in [-0.4, -0.2) is 37.1 Å². The minimum Gasteiger partial charge on any atom is -0.497 e. The lowest BCUT2D eigenvalue weighted by Crippen LogP contribution is -2.20. The van der Waals surface area contributed by atoms with Gasteiger partial charge < -0.3 is 18.9 Å². The van der Waals surface area contributed by atoms with Gasteiger partial charge in [-0.1, -0.05) is 43.7 Å². The maximum absolute atomic E-state index is 13.7. The number of amides is 1. The summed E-state index contributed by atoms with van der Waals surface area (Å²) in [5, 5.41) is 5.30. The van der Waals surface area contributed by atoms with Crippen molar-refractivity contribution in [1.29, 1.82) is 0 Å². The van der Waals surface area contributed by atoms with Crippen molar-refractivity contribution in [2.24, 2.45) is 5.10 Å². The number of allylic oxidation sites excluding steroid dienone is 1. The zero-order valence-corrected chi connectivity index (χ0v) is 25.2. The van der Waals surface area contributed by atoms with Crippen molar-refractivity contribution >= 4 is 28.6 Å². The fraction of sp³-hybridized carbons (Fsp3) is 0.162. The number of aromatic nitrogens is 1. The number of benzene rings is 4. The molecule has 0 radical (unpaired) electrons. The number of ether oxygens (including phenoxy) is 4. The highest BCUT2D eigenvalue weighted by molar-refractivity contribution is 6.12. The van der Waals surface area contributed by atoms with Crippen LogP contribution in [0, 0.1) is 0 Å². The molecule has 0 unspecified atom stereocenters. The third-order valence-electron chi connectivity index (χ3n) is 7.37. The fourth-order valence-corrected chi connectivity index (χ4v) is 4.89.